The molecule has 1 aromatic carbocycles. The highest BCUT2D eigenvalue weighted by Crippen LogP contribution is 2.29. The monoisotopic (exact) mass is 243 g/mol. The van der Waals surface area contributed by atoms with E-state index in [1.165, 1.54) is 29.7 Å². The summed E-state index contributed by atoms with van der Waals surface area (Å²) in [6.45, 7) is 5.49. The lowest BCUT2D eigenvalue weighted by Gasteiger charge is -2.27. The predicted octanol–water partition coefficient (Wildman–Crippen LogP) is 2.74. The molecule has 18 heavy (non-hydrogen) atoms. The molecule has 2 atom stereocenters. The van der Waals surface area contributed by atoms with E-state index in [2.05, 4.69) is 49.0 Å². The van der Waals surface area contributed by atoms with E-state index in [9.17, 15) is 0 Å². The summed E-state index contributed by atoms with van der Waals surface area (Å²) in [6.07, 6.45) is 2.39. The molecule has 2 aromatic rings. The third-order valence-electron chi connectivity index (χ3n) is 4.06. The number of imidazole rings is 1. The van der Waals surface area contributed by atoms with Gasteiger partial charge in [0, 0.05) is 19.0 Å². The van der Waals surface area contributed by atoms with Crippen LogP contribution in [0.15, 0.2) is 18.2 Å². The van der Waals surface area contributed by atoms with Crippen molar-refractivity contribution in [3.05, 3.63) is 29.6 Å². The number of hydrogen-bond donors (Lipinski definition) is 1. The Bertz CT molecular complexity index is 570. The van der Waals surface area contributed by atoms with Gasteiger partial charge in [0.15, 0.2) is 0 Å². The van der Waals surface area contributed by atoms with E-state index in [4.69, 9.17) is 4.98 Å². The van der Waals surface area contributed by atoms with E-state index in [1.807, 2.05) is 0 Å². The standard InChI is InChI=1S/C15H21N3/c1-10-4-5-14-13(8-10)17-15(18(14)3)12-6-7-16-11(2)9-12/h4-5,8,11-12,16H,6-7,9H2,1-3H3. The van der Waals surface area contributed by atoms with Crippen molar-refractivity contribution in [2.75, 3.05) is 6.54 Å². The van der Waals surface area contributed by atoms with E-state index < -0.39 is 0 Å². The van der Waals surface area contributed by atoms with Crippen LogP contribution in [0.3, 0.4) is 0 Å². The summed E-state index contributed by atoms with van der Waals surface area (Å²) in [5.41, 5.74) is 3.67. The molecule has 0 aliphatic carbocycles. The fourth-order valence-electron chi connectivity index (χ4n) is 3.06. The van der Waals surface area contributed by atoms with Gasteiger partial charge in [-0.05, 0) is 50.9 Å². The summed E-state index contributed by atoms with van der Waals surface area (Å²) in [4.78, 5) is 4.87. The first-order chi connectivity index (χ1) is 8.65. The van der Waals surface area contributed by atoms with Crippen molar-refractivity contribution >= 4 is 11.0 Å². The zero-order chi connectivity index (χ0) is 12.7. The van der Waals surface area contributed by atoms with Gasteiger partial charge in [0.2, 0.25) is 0 Å². The van der Waals surface area contributed by atoms with Gasteiger partial charge in [0.1, 0.15) is 5.82 Å². The topological polar surface area (TPSA) is 29.9 Å². The van der Waals surface area contributed by atoms with E-state index in [0.717, 1.165) is 12.1 Å². The third-order valence-corrected chi connectivity index (χ3v) is 4.06. The van der Waals surface area contributed by atoms with Crippen molar-refractivity contribution in [2.24, 2.45) is 7.05 Å². The van der Waals surface area contributed by atoms with Crippen LogP contribution in [0.2, 0.25) is 0 Å². The van der Waals surface area contributed by atoms with Crippen molar-refractivity contribution in [2.45, 2.75) is 38.6 Å². The van der Waals surface area contributed by atoms with Crippen LogP contribution in [0.5, 0.6) is 0 Å². The average Bonchev–Trinajstić information content (AvgIpc) is 2.66. The molecule has 0 radical (unpaired) electrons. The Morgan fingerprint density at radius 1 is 1.39 bits per heavy atom. The smallest absolute Gasteiger partial charge is 0.112 e. The fraction of sp³-hybridized carbons (Fsp3) is 0.533. The van der Waals surface area contributed by atoms with Crippen molar-refractivity contribution in [3.63, 3.8) is 0 Å². The first-order valence-corrected chi connectivity index (χ1v) is 6.81. The summed E-state index contributed by atoms with van der Waals surface area (Å²) in [6, 6.07) is 7.14. The minimum atomic E-state index is 0.596. The van der Waals surface area contributed by atoms with Crippen LogP contribution in [0.4, 0.5) is 0 Å². The van der Waals surface area contributed by atoms with E-state index >= 15 is 0 Å². The second-order valence-corrected chi connectivity index (χ2v) is 5.60. The van der Waals surface area contributed by atoms with E-state index in [-0.39, 0.29) is 0 Å². The summed E-state index contributed by atoms with van der Waals surface area (Å²) in [7, 11) is 2.15. The maximum atomic E-state index is 4.87. The van der Waals surface area contributed by atoms with Gasteiger partial charge in [0.25, 0.3) is 0 Å². The zero-order valence-corrected chi connectivity index (χ0v) is 11.4. The molecule has 1 saturated heterocycles. The minimum Gasteiger partial charge on any atom is -0.331 e. The maximum Gasteiger partial charge on any atom is 0.112 e. The average molecular weight is 243 g/mol. The molecule has 1 N–H and O–H groups in total. The molecule has 1 aliphatic rings. The van der Waals surface area contributed by atoms with Crippen molar-refractivity contribution in [1.29, 1.82) is 0 Å². The Morgan fingerprint density at radius 2 is 2.22 bits per heavy atom. The molecule has 2 unspecified atom stereocenters. The molecule has 0 saturated carbocycles. The van der Waals surface area contributed by atoms with Gasteiger partial charge in [-0.3, -0.25) is 0 Å². The van der Waals surface area contributed by atoms with Gasteiger partial charge in [-0.15, -0.1) is 0 Å². The van der Waals surface area contributed by atoms with Crippen molar-refractivity contribution < 1.29 is 0 Å². The molecule has 0 bridgehead atoms. The first kappa shape index (κ1) is 11.7. The van der Waals surface area contributed by atoms with Gasteiger partial charge in [-0.1, -0.05) is 6.07 Å². The lowest BCUT2D eigenvalue weighted by molar-refractivity contribution is 0.367. The Hall–Kier alpha value is -1.35. The summed E-state index contributed by atoms with van der Waals surface area (Å²) in [5.74, 6) is 1.85. The van der Waals surface area contributed by atoms with Crippen LogP contribution in [0, 0.1) is 6.92 Å². The number of rotatable bonds is 1. The van der Waals surface area contributed by atoms with Gasteiger partial charge in [-0.25, -0.2) is 4.98 Å². The molecule has 3 heteroatoms. The van der Waals surface area contributed by atoms with Gasteiger partial charge in [0.05, 0.1) is 11.0 Å². The molecule has 0 amide bonds. The quantitative estimate of drug-likeness (QED) is 0.834. The van der Waals surface area contributed by atoms with Crippen LogP contribution >= 0.6 is 0 Å². The molecule has 1 aliphatic heterocycles. The number of nitrogens with one attached hydrogen (secondary N) is 1. The van der Waals surface area contributed by atoms with E-state index in [1.54, 1.807) is 0 Å². The van der Waals surface area contributed by atoms with Crippen LogP contribution in [-0.2, 0) is 7.05 Å². The van der Waals surface area contributed by atoms with Crippen LogP contribution < -0.4 is 5.32 Å². The lowest BCUT2D eigenvalue weighted by Crippen LogP contribution is -2.35. The maximum absolute atomic E-state index is 4.87. The molecule has 1 fully saturated rings. The normalized spacial score (nSPS) is 24.6. The fourth-order valence-corrected chi connectivity index (χ4v) is 3.06. The Balaban J connectivity index is 2.03. The molecular formula is C15H21N3. The van der Waals surface area contributed by atoms with Crippen LogP contribution in [0.25, 0.3) is 11.0 Å². The number of hydrogen-bond acceptors (Lipinski definition) is 2. The summed E-state index contributed by atoms with van der Waals surface area (Å²) < 4.78 is 2.28. The summed E-state index contributed by atoms with van der Waals surface area (Å²) in [5, 5.41) is 3.51. The number of benzene rings is 1. The van der Waals surface area contributed by atoms with Crippen LogP contribution in [-0.4, -0.2) is 22.1 Å². The van der Waals surface area contributed by atoms with Gasteiger partial charge in [-0.2, -0.15) is 0 Å². The highest BCUT2D eigenvalue weighted by atomic mass is 15.1. The molecule has 1 aromatic heterocycles. The van der Waals surface area contributed by atoms with Gasteiger partial charge >= 0.3 is 0 Å². The zero-order valence-electron chi connectivity index (χ0n) is 11.4. The van der Waals surface area contributed by atoms with Crippen LogP contribution in [0.1, 0.15) is 37.1 Å². The molecule has 3 nitrogen and oxygen atoms in total. The number of aromatic nitrogens is 2. The number of aryl methyl sites for hydroxylation is 2. The van der Waals surface area contributed by atoms with Crippen molar-refractivity contribution in [1.82, 2.24) is 14.9 Å². The predicted molar refractivity (Wildman–Crippen MR) is 74.9 cm³/mol. The Labute approximate surface area is 108 Å². The number of piperidine rings is 1. The number of nitrogens with zero attached hydrogens (tertiary/aromatic N) is 2. The minimum absolute atomic E-state index is 0.596. The molecule has 0 spiro atoms. The highest BCUT2D eigenvalue weighted by molar-refractivity contribution is 5.76. The highest BCUT2D eigenvalue weighted by Gasteiger charge is 2.24. The number of fused-ring (bicyclic) bond motifs is 1. The third kappa shape index (κ3) is 1.93. The van der Waals surface area contributed by atoms with Gasteiger partial charge < -0.3 is 9.88 Å². The summed E-state index contributed by atoms with van der Waals surface area (Å²) >= 11 is 0. The van der Waals surface area contributed by atoms with Crippen molar-refractivity contribution in [3.8, 4) is 0 Å². The van der Waals surface area contributed by atoms with E-state index in [0.29, 0.717) is 12.0 Å². The SMILES string of the molecule is Cc1ccc2c(c1)nc(C1CCNC(C)C1)n2C. The molecular weight excluding hydrogens is 222 g/mol. The molecule has 3 rings (SSSR count). The molecule has 96 valence electrons. The molecule has 2 heterocycles. The largest absolute Gasteiger partial charge is 0.331 e. The first-order valence-electron chi connectivity index (χ1n) is 6.81. The lowest BCUT2D eigenvalue weighted by atomic mass is 9.92. The Kier molecular flexibility index (Phi) is 2.86. The second kappa shape index (κ2) is 4.39. The second-order valence-electron chi connectivity index (χ2n) is 5.60. The Morgan fingerprint density at radius 3 is 3.00 bits per heavy atom.